The summed E-state index contributed by atoms with van der Waals surface area (Å²) in [5, 5.41) is 13.7. The van der Waals surface area contributed by atoms with Crippen LogP contribution in [0.4, 0.5) is 11.4 Å². The zero-order valence-corrected chi connectivity index (χ0v) is 12.7. The first-order chi connectivity index (χ1) is 11.0. The number of ether oxygens (including phenoxy) is 2. The number of anilines is 1. The van der Waals surface area contributed by atoms with Crippen LogP contribution in [0.3, 0.4) is 0 Å². The second kappa shape index (κ2) is 7.37. The molecule has 120 valence electrons. The molecule has 2 aromatic rings. The van der Waals surface area contributed by atoms with Gasteiger partial charge in [0, 0.05) is 24.4 Å². The van der Waals surface area contributed by atoms with E-state index in [-0.39, 0.29) is 17.0 Å². The van der Waals surface area contributed by atoms with Crippen LogP contribution in [0.1, 0.15) is 15.9 Å². The van der Waals surface area contributed by atoms with E-state index in [0.29, 0.717) is 12.3 Å². The zero-order valence-electron chi connectivity index (χ0n) is 12.7. The van der Waals surface area contributed by atoms with Gasteiger partial charge in [0.15, 0.2) is 5.75 Å². The maximum Gasteiger partial charge on any atom is 0.311 e. The van der Waals surface area contributed by atoms with Gasteiger partial charge in [0.2, 0.25) is 0 Å². The number of nitro benzene ring substituents is 1. The molecule has 0 aliphatic heterocycles. The molecule has 0 saturated carbocycles. The van der Waals surface area contributed by atoms with E-state index in [4.69, 9.17) is 9.47 Å². The molecule has 0 saturated heterocycles. The van der Waals surface area contributed by atoms with E-state index in [1.54, 1.807) is 25.3 Å². The molecule has 0 heterocycles. The molecule has 23 heavy (non-hydrogen) atoms. The van der Waals surface area contributed by atoms with Crippen molar-refractivity contribution in [3.05, 3.63) is 63.7 Å². The average molecular weight is 316 g/mol. The van der Waals surface area contributed by atoms with E-state index in [0.717, 1.165) is 5.56 Å². The molecule has 0 unspecified atom stereocenters. The number of carbonyl (C=O) groups excluding carboxylic acids is 1. The van der Waals surface area contributed by atoms with Crippen LogP contribution in [-0.2, 0) is 11.3 Å². The number of nitro groups is 1. The first kappa shape index (κ1) is 16.4. The molecule has 0 aromatic heterocycles. The highest BCUT2D eigenvalue weighted by atomic mass is 16.6. The van der Waals surface area contributed by atoms with Crippen molar-refractivity contribution in [3.8, 4) is 5.75 Å². The Morgan fingerprint density at radius 1 is 1.22 bits per heavy atom. The van der Waals surface area contributed by atoms with Crippen molar-refractivity contribution >= 4 is 17.3 Å². The van der Waals surface area contributed by atoms with Crippen molar-refractivity contribution in [2.45, 2.75) is 6.61 Å². The van der Waals surface area contributed by atoms with E-state index >= 15 is 0 Å². The van der Waals surface area contributed by atoms with Crippen molar-refractivity contribution < 1.29 is 19.2 Å². The van der Waals surface area contributed by atoms with Crippen LogP contribution in [0.15, 0.2) is 42.5 Å². The molecule has 0 fully saturated rings. The molecular formula is C16H16N2O5. The lowest BCUT2D eigenvalue weighted by molar-refractivity contribution is -0.385. The number of amides is 1. The van der Waals surface area contributed by atoms with Crippen LogP contribution >= 0.6 is 0 Å². The molecular weight excluding hydrogens is 300 g/mol. The maximum absolute atomic E-state index is 12.3. The van der Waals surface area contributed by atoms with Gasteiger partial charge in [-0.3, -0.25) is 14.9 Å². The third-order valence-electron chi connectivity index (χ3n) is 3.13. The van der Waals surface area contributed by atoms with Gasteiger partial charge in [0.1, 0.15) is 0 Å². The van der Waals surface area contributed by atoms with Crippen LogP contribution in [0.2, 0.25) is 0 Å². The number of nitrogens with zero attached hydrogens (tertiary/aromatic N) is 1. The van der Waals surface area contributed by atoms with Gasteiger partial charge < -0.3 is 14.8 Å². The lowest BCUT2D eigenvalue weighted by atomic mass is 10.1. The molecule has 0 aliphatic carbocycles. The Bertz CT molecular complexity index is 730. The number of rotatable bonds is 6. The smallest absolute Gasteiger partial charge is 0.311 e. The molecule has 7 nitrogen and oxygen atoms in total. The lowest BCUT2D eigenvalue weighted by Gasteiger charge is -2.08. The normalized spacial score (nSPS) is 10.2. The van der Waals surface area contributed by atoms with E-state index in [1.165, 1.54) is 25.3 Å². The van der Waals surface area contributed by atoms with E-state index in [9.17, 15) is 14.9 Å². The van der Waals surface area contributed by atoms with Crippen LogP contribution in [0, 0.1) is 10.1 Å². The third-order valence-corrected chi connectivity index (χ3v) is 3.13. The monoisotopic (exact) mass is 316 g/mol. The van der Waals surface area contributed by atoms with Crippen molar-refractivity contribution in [3.63, 3.8) is 0 Å². The number of hydrogen-bond donors (Lipinski definition) is 1. The summed E-state index contributed by atoms with van der Waals surface area (Å²) in [5.74, 6) is -0.334. The minimum absolute atomic E-state index is 0.105. The third kappa shape index (κ3) is 4.04. The Balaban J connectivity index is 2.22. The van der Waals surface area contributed by atoms with Crippen LogP contribution < -0.4 is 10.1 Å². The summed E-state index contributed by atoms with van der Waals surface area (Å²) in [4.78, 5) is 22.7. The standard InChI is InChI=1S/C16H16N2O5/c1-22-10-11-4-3-5-13(8-11)17-16(19)12-6-7-15(23-2)14(9-12)18(20)21/h3-9H,10H2,1-2H3,(H,17,19). The van der Waals surface area contributed by atoms with Gasteiger partial charge in [-0.25, -0.2) is 0 Å². The molecule has 0 spiro atoms. The predicted octanol–water partition coefficient (Wildman–Crippen LogP) is 3.00. The first-order valence-electron chi connectivity index (χ1n) is 6.77. The predicted molar refractivity (Wildman–Crippen MR) is 84.8 cm³/mol. The minimum Gasteiger partial charge on any atom is -0.490 e. The maximum atomic E-state index is 12.3. The van der Waals surface area contributed by atoms with Crippen molar-refractivity contribution in [1.29, 1.82) is 0 Å². The Kier molecular flexibility index (Phi) is 5.27. The summed E-state index contributed by atoms with van der Waals surface area (Å²) in [6.45, 7) is 0.428. The molecule has 2 rings (SSSR count). The average Bonchev–Trinajstić information content (AvgIpc) is 2.54. The Morgan fingerprint density at radius 3 is 2.65 bits per heavy atom. The van der Waals surface area contributed by atoms with Gasteiger partial charge in [-0.2, -0.15) is 0 Å². The summed E-state index contributed by atoms with van der Waals surface area (Å²) in [6.07, 6.45) is 0. The summed E-state index contributed by atoms with van der Waals surface area (Å²) >= 11 is 0. The topological polar surface area (TPSA) is 90.7 Å². The first-order valence-corrected chi connectivity index (χ1v) is 6.77. The van der Waals surface area contributed by atoms with E-state index in [1.807, 2.05) is 6.07 Å². The number of methoxy groups -OCH3 is 2. The van der Waals surface area contributed by atoms with Gasteiger partial charge in [0.05, 0.1) is 18.6 Å². The van der Waals surface area contributed by atoms with Crippen molar-refractivity contribution in [2.75, 3.05) is 19.5 Å². The highest BCUT2D eigenvalue weighted by Gasteiger charge is 2.18. The summed E-state index contributed by atoms with van der Waals surface area (Å²) in [7, 11) is 2.92. The number of benzene rings is 2. The Labute approximate surface area is 133 Å². The minimum atomic E-state index is -0.588. The fraction of sp³-hybridized carbons (Fsp3) is 0.188. The fourth-order valence-electron chi connectivity index (χ4n) is 2.08. The molecule has 1 amide bonds. The van der Waals surface area contributed by atoms with Gasteiger partial charge in [-0.15, -0.1) is 0 Å². The molecule has 1 N–H and O–H groups in total. The van der Waals surface area contributed by atoms with Gasteiger partial charge in [-0.05, 0) is 29.8 Å². The second-order valence-electron chi connectivity index (χ2n) is 4.73. The zero-order chi connectivity index (χ0) is 16.8. The fourth-order valence-corrected chi connectivity index (χ4v) is 2.08. The van der Waals surface area contributed by atoms with Gasteiger partial charge in [0.25, 0.3) is 5.91 Å². The Hall–Kier alpha value is -2.93. The van der Waals surface area contributed by atoms with Gasteiger partial charge >= 0.3 is 5.69 Å². The largest absolute Gasteiger partial charge is 0.490 e. The molecule has 0 atom stereocenters. The highest BCUT2D eigenvalue weighted by Crippen LogP contribution is 2.27. The SMILES string of the molecule is COCc1cccc(NC(=O)c2ccc(OC)c([N+](=O)[O-])c2)c1. The molecule has 7 heteroatoms. The molecule has 0 bridgehead atoms. The Morgan fingerprint density at radius 2 is 2.00 bits per heavy atom. The lowest BCUT2D eigenvalue weighted by Crippen LogP contribution is -2.12. The molecule has 0 radical (unpaired) electrons. The number of nitrogens with one attached hydrogen (secondary N) is 1. The van der Waals surface area contributed by atoms with E-state index in [2.05, 4.69) is 5.32 Å². The molecule has 2 aromatic carbocycles. The number of hydrogen-bond acceptors (Lipinski definition) is 5. The summed E-state index contributed by atoms with van der Waals surface area (Å²) in [5.41, 5.74) is 1.41. The number of carbonyl (C=O) groups is 1. The van der Waals surface area contributed by atoms with Crippen molar-refractivity contribution in [1.82, 2.24) is 0 Å². The second-order valence-corrected chi connectivity index (χ2v) is 4.73. The van der Waals surface area contributed by atoms with E-state index < -0.39 is 10.8 Å². The highest BCUT2D eigenvalue weighted by molar-refractivity contribution is 6.04. The van der Waals surface area contributed by atoms with Gasteiger partial charge in [-0.1, -0.05) is 12.1 Å². The quantitative estimate of drug-likeness (QED) is 0.653. The van der Waals surface area contributed by atoms with Crippen LogP contribution in [-0.4, -0.2) is 25.1 Å². The van der Waals surface area contributed by atoms with Crippen molar-refractivity contribution in [2.24, 2.45) is 0 Å². The van der Waals surface area contributed by atoms with Crippen LogP contribution in [0.25, 0.3) is 0 Å². The summed E-state index contributed by atoms with van der Waals surface area (Å²) < 4.78 is 9.95. The molecule has 0 aliphatic rings. The van der Waals surface area contributed by atoms with Crippen LogP contribution in [0.5, 0.6) is 5.75 Å². The summed E-state index contributed by atoms with van der Waals surface area (Å²) in [6, 6.07) is 11.2.